The Labute approximate surface area is 78.4 Å². The number of nitrogens with zero attached hydrogens (tertiary/aromatic N) is 3. The monoisotopic (exact) mass is 193 g/mol. The van der Waals surface area contributed by atoms with Crippen molar-refractivity contribution < 1.29 is 0 Å². The van der Waals surface area contributed by atoms with Gasteiger partial charge in [-0.1, -0.05) is 0 Å². The highest BCUT2D eigenvalue weighted by Crippen LogP contribution is 2.31. The van der Waals surface area contributed by atoms with Crippen LogP contribution in [0.25, 0.3) is 0 Å². The molecular weight excluding hydrogens is 190 g/mol. The topological polar surface area (TPSA) is 71.2 Å². The van der Waals surface area contributed by atoms with Crippen LogP contribution in [0.2, 0.25) is 0 Å². The Kier molecular flexibility index (Phi) is 3.08. The first-order valence-corrected chi connectivity index (χ1v) is 3.61. The first-order chi connectivity index (χ1) is 6.31. The van der Waals surface area contributed by atoms with Crippen molar-refractivity contribution in [1.29, 1.82) is 0 Å². The van der Waals surface area contributed by atoms with E-state index in [2.05, 4.69) is 32.7 Å². The predicted molar refractivity (Wildman–Crippen MR) is 52.0 cm³/mol. The van der Waals surface area contributed by atoms with Crippen molar-refractivity contribution in [2.24, 2.45) is 15.3 Å². The van der Waals surface area contributed by atoms with Crippen molar-refractivity contribution in [2.75, 3.05) is 0 Å². The van der Waals surface area contributed by atoms with Crippen LogP contribution in [0.5, 0.6) is 0 Å². The summed E-state index contributed by atoms with van der Waals surface area (Å²) >= 11 is 4.36. The zero-order valence-corrected chi connectivity index (χ0v) is 7.11. The van der Waals surface area contributed by atoms with Crippen LogP contribution >= 0.6 is 12.2 Å². The Morgan fingerprint density at radius 2 is 1.92 bits per heavy atom. The largest absolute Gasteiger partial charge is 0.192 e. The van der Waals surface area contributed by atoms with Gasteiger partial charge in [0.15, 0.2) is 0 Å². The number of isothiocyanates is 1. The summed E-state index contributed by atoms with van der Waals surface area (Å²) in [6.45, 7) is 0. The molecule has 0 atom stereocenters. The van der Waals surface area contributed by atoms with E-state index in [0.29, 0.717) is 0 Å². The fraction of sp³-hybridized carbons (Fsp3) is 0. The number of rotatable bonds is 3. The average molecular weight is 193 g/mol. The van der Waals surface area contributed by atoms with E-state index >= 15 is 0 Å². The molecule has 0 amide bonds. The van der Waals surface area contributed by atoms with Crippen LogP contribution < -0.4 is 0 Å². The molecule has 13 heavy (non-hydrogen) atoms. The van der Waals surface area contributed by atoms with Gasteiger partial charge in [0.1, 0.15) is 17.1 Å². The van der Waals surface area contributed by atoms with Crippen molar-refractivity contribution in [3.8, 4) is 0 Å². The van der Waals surface area contributed by atoms with E-state index in [0.717, 1.165) is 0 Å². The third kappa shape index (κ3) is 2.08. The molecule has 0 N–H and O–H groups in total. The van der Waals surface area contributed by atoms with E-state index in [1.807, 2.05) is 0 Å². The molecule has 0 aliphatic heterocycles. The minimum Gasteiger partial charge on any atom is -0.192 e. The summed E-state index contributed by atoms with van der Waals surface area (Å²) in [6.07, 6.45) is 0. The Bertz CT molecular complexity index is 399. The van der Waals surface area contributed by atoms with Gasteiger partial charge in [-0.15, -0.1) is 9.81 Å². The molecule has 0 aliphatic rings. The molecule has 1 rings (SSSR count). The van der Waals surface area contributed by atoms with Gasteiger partial charge in [0.2, 0.25) is 0 Å². The average Bonchev–Trinajstić information content (AvgIpc) is 2.19. The van der Waals surface area contributed by atoms with Gasteiger partial charge in [-0.05, 0) is 40.8 Å². The van der Waals surface area contributed by atoms with Gasteiger partial charge in [-0.25, -0.2) is 0 Å². The quantitative estimate of drug-likeness (QED) is 0.420. The van der Waals surface area contributed by atoms with Crippen LogP contribution in [0, 0.1) is 9.81 Å². The Morgan fingerprint density at radius 1 is 1.15 bits per heavy atom. The highest BCUT2D eigenvalue weighted by molar-refractivity contribution is 7.78. The third-order valence-corrected chi connectivity index (χ3v) is 1.42. The molecule has 1 aromatic carbocycles. The van der Waals surface area contributed by atoms with Crippen LogP contribution in [0.3, 0.4) is 0 Å². The normalized spacial score (nSPS) is 8.62. The summed E-state index contributed by atoms with van der Waals surface area (Å²) in [6, 6.07) is 4.06. The fourth-order valence-electron chi connectivity index (χ4n) is 0.785. The van der Waals surface area contributed by atoms with E-state index in [1.54, 1.807) is 0 Å². The van der Waals surface area contributed by atoms with Crippen molar-refractivity contribution in [2.45, 2.75) is 0 Å². The molecule has 0 spiro atoms. The van der Waals surface area contributed by atoms with Crippen LogP contribution in [0.1, 0.15) is 0 Å². The lowest BCUT2D eigenvalue weighted by Crippen LogP contribution is -1.67. The van der Waals surface area contributed by atoms with E-state index in [9.17, 15) is 9.81 Å². The highest BCUT2D eigenvalue weighted by Gasteiger charge is 2.02. The van der Waals surface area contributed by atoms with Crippen LogP contribution in [-0.2, 0) is 0 Å². The molecule has 0 bridgehead atoms. The summed E-state index contributed by atoms with van der Waals surface area (Å²) in [4.78, 5) is 23.9. The second-order valence-electron chi connectivity index (χ2n) is 2.06. The molecule has 5 nitrogen and oxygen atoms in total. The summed E-state index contributed by atoms with van der Waals surface area (Å²) in [5, 5.41) is 7.41. The Morgan fingerprint density at radius 3 is 2.46 bits per heavy atom. The SMILES string of the molecule is O=Nc1ccc(N=C=S)c(N=O)c1. The molecule has 0 heterocycles. The van der Waals surface area contributed by atoms with E-state index < -0.39 is 0 Å². The lowest BCUT2D eigenvalue weighted by Gasteiger charge is -1.94. The molecule has 6 heteroatoms. The molecule has 0 aliphatic carbocycles. The number of hydrogen-bond donors (Lipinski definition) is 0. The second-order valence-corrected chi connectivity index (χ2v) is 2.24. The van der Waals surface area contributed by atoms with Crippen molar-refractivity contribution in [3.05, 3.63) is 28.0 Å². The lowest BCUT2D eigenvalue weighted by atomic mass is 10.2. The van der Waals surface area contributed by atoms with Gasteiger partial charge in [-0.3, -0.25) is 0 Å². The number of benzene rings is 1. The van der Waals surface area contributed by atoms with Gasteiger partial charge in [0.05, 0.1) is 5.16 Å². The molecule has 0 saturated heterocycles. The van der Waals surface area contributed by atoms with Gasteiger partial charge >= 0.3 is 0 Å². The zero-order valence-electron chi connectivity index (χ0n) is 6.30. The fourth-order valence-corrected chi connectivity index (χ4v) is 0.884. The molecule has 0 radical (unpaired) electrons. The second kappa shape index (κ2) is 4.30. The number of thiocarbonyl (C=S) groups is 1. The van der Waals surface area contributed by atoms with Gasteiger partial charge in [0.25, 0.3) is 0 Å². The summed E-state index contributed by atoms with van der Waals surface area (Å²) in [5.41, 5.74) is 0.421. The molecular formula is C7H3N3O2S. The highest BCUT2D eigenvalue weighted by atomic mass is 32.1. The van der Waals surface area contributed by atoms with E-state index in [-0.39, 0.29) is 17.1 Å². The molecule has 0 aromatic heterocycles. The minimum absolute atomic E-state index is 0.0226. The van der Waals surface area contributed by atoms with Gasteiger partial charge in [0, 0.05) is 0 Å². The maximum Gasteiger partial charge on any atom is 0.136 e. The van der Waals surface area contributed by atoms with Crippen molar-refractivity contribution >= 4 is 34.4 Å². The van der Waals surface area contributed by atoms with Gasteiger partial charge in [-0.2, -0.15) is 4.99 Å². The minimum atomic E-state index is 0.0226. The smallest absolute Gasteiger partial charge is 0.136 e. The maximum atomic E-state index is 10.3. The lowest BCUT2D eigenvalue weighted by molar-refractivity contribution is 1.41. The number of aliphatic imine (C=N–C) groups is 1. The third-order valence-electron chi connectivity index (χ3n) is 1.33. The first kappa shape index (κ1) is 9.31. The van der Waals surface area contributed by atoms with Crippen LogP contribution in [-0.4, -0.2) is 5.16 Å². The molecule has 0 saturated carbocycles. The summed E-state index contributed by atoms with van der Waals surface area (Å²) in [7, 11) is 0. The number of hydrogen-bond acceptors (Lipinski definition) is 6. The molecule has 64 valence electrons. The van der Waals surface area contributed by atoms with E-state index in [1.165, 1.54) is 18.2 Å². The zero-order chi connectivity index (χ0) is 9.68. The standard InChI is InChI=1S/C7H3N3O2S/c11-9-5-1-2-6(8-4-13)7(3-5)10-12/h1-3H. The number of nitroso groups, excluding NO2 is 2. The molecule has 1 aromatic rings. The molecule has 0 fully saturated rings. The van der Waals surface area contributed by atoms with Crippen LogP contribution in [0.4, 0.5) is 17.1 Å². The Hall–Kier alpha value is -1.78. The summed E-state index contributed by atoms with van der Waals surface area (Å²) in [5.74, 6) is 0. The van der Waals surface area contributed by atoms with Gasteiger partial charge < -0.3 is 0 Å². The predicted octanol–water partition coefficient (Wildman–Crippen LogP) is 3.22. The Balaban J connectivity index is 3.30. The first-order valence-electron chi connectivity index (χ1n) is 3.20. The van der Waals surface area contributed by atoms with Crippen molar-refractivity contribution in [3.63, 3.8) is 0 Å². The maximum absolute atomic E-state index is 10.3. The van der Waals surface area contributed by atoms with Crippen LogP contribution in [0.15, 0.2) is 33.5 Å². The van der Waals surface area contributed by atoms with Crippen molar-refractivity contribution in [1.82, 2.24) is 0 Å². The van der Waals surface area contributed by atoms with E-state index in [4.69, 9.17) is 0 Å². The summed E-state index contributed by atoms with van der Waals surface area (Å²) < 4.78 is 0. The molecule has 0 unspecified atom stereocenters.